The molecule has 3 aliphatic rings. The molecule has 2 aromatic rings. The number of halogens is 1. The molecule has 0 saturated carbocycles. The molecule has 5 rings (SSSR count). The second-order valence-corrected chi connectivity index (χ2v) is 8.04. The number of carbonyl (C=O) groups is 2. The predicted octanol–water partition coefficient (Wildman–Crippen LogP) is 3.55. The zero-order chi connectivity index (χ0) is 21.9. The van der Waals surface area contributed by atoms with E-state index in [1.54, 1.807) is 23.1 Å². The largest absolute Gasteiger partial charge is 0.384 e. The molecule has 7 heteroatoms. The fraction of sp³-hybridized carbons (Fsp3) is 0.208. The number of benzene rings is 2. The van der Waals surface area contributed by atoms with Gasteiger partial charge >= 0.3 is 0 Å². The van der Waals surface area contributed by atoms with Gasteiger partial charge in [-0.1, -0.05) is 17.7 Å². The zero-order valence-electron chi connectivity index (χ0n) is 16.8. The lowest BCUT2D eigenvalue weighted by Crippen LogP contribution is -2.50. The summed E-state index contributed by atoms with van der Waals surface area (Å²) in [4.78, 5) is 28.5. The Bertz CT molecular complexity index is 1270. The number of amides is 1. The molecule has 0 aromatic heterocycles. The number of carbonyl (C=O) groups excluding carboxylic acids is 2. The van der Waals surface area contributed by atoms with Crippen molar-refractivity contribution in [2.75, 3.05) is 10.2 Å². The summed E-state index contributed by atoms with van der Waals surface area (Å²) in [7, 11) is 0. The van der Waals surface area contributed by atoms with E-state index in [2.05, 4.69) is 11.4 Å². The van der Waals surface area contributed by atoms with Crippen LogP contribution in [0.15, 0.2) is 65.1 Å². The quantitative estimate of drug-likeness (QED) is 0.744. The number of Topliss-reactive ketones (excluding diaryl/α,β-unsaturated/α-hetero) is 1. The van der Waals surface area contributed by atoms with Crippen LogP contribution >= 0.6 is 0 Å². The van der Waals surface area contributed by atoms with Gasteiger partial charge in [0.2, 0.25) is 5.91 Å². The number of nitrogens with two attached hydrogens (primary N) is 1. The third kappa shape index (κ3) is 2.42. The average molecular weight is 414 g/mol. The number of hydrogen-bond acceptors (Lipinski definition) is 5. The number of anilines is 2. The highest BCUT2D eigenvalue weighted by molar-refractivity contribution is 6.19. The van der Waals surface area contributed by atoms with Gasteiger partial charge in [-0.25, -0.2) is 4.39 Å². The molecule has 1 amide bonds. The molecule has 0 radical (unpaired) electrons. The first-order valence-electron chi connectivity index (χ1n) is 10.0. The number of ketones is 1. The van der Waals surface area contributed by atoms with E-state index in [0.29, 0.717) is 35.5 Å². The first kappa shape index (κ1) is 19.1. The van der Waals surface area contributed by atoms with Gasteiger partial charge in [0.15, 0.2) is 5.78 Å². The van der Waals surface area contributed by atoms with E-state index in [4.69, 9.17) is 5.73 Å². The molecule has 2 aliphatic heterocycles. The second-order valence-electron chi connectivity index (χ2n) is 8.04. The lowest BCUT2D eigenvalue weighted by atomic mass is 9.63. The van der Waals surface area contributed by atoms with Crippen molar-refractivity contribution in [3.8, 4) is 6.07 Å². The van der Waals surface area contributed by atoms with Gasteiger partial charge in [0, 0.05) is 34.6 Å². The minimum Gasteiger partial charge on any atom is -0.384 e. The lowest BCUT2D eigenvalue weighted by Gasteiger charge is -2.43. The molecule has 1 unspecified atom stereocenters. The van der Waals surface area contributed by atoms with E-state index in [9.17, 15) is 19.2 Å². The number of nitrogens with one attached hydrogen (secondary N) is 1. The van der Waals surface area contributed by atoms with Gasteiger partial charge in [0.05, 0.1) is 5.57 Å². The standard InChI is InChI=1S/C24H19FN4O2/c1-13-5-10-18-16(11-13)24(23(31)28-18)17(12-26)22(27)29(15-8-6-14(25)7-9-15)19-3-2-4-20(30)21(19)24/h5-11H,2-4,27H2,1H3,(H,28,31). The summed E-state index contributed by atoms with van der Waals surface area (Å²) in [5.74, 6) is -0.965. The molecule has 1 aliphatic carbocycles. The van der Waals surface area contributed by atoms with E-state index >= 15 is 0 Å². The highest BCUT2D eigenvalue weighted by atomic mass is 19.1. The third-order valence-corrected chi connectivity index (χ3v) is 6.27. The van der Waals surface area contributed by atoms with Crippen molar-refractivity contribution >= 4 is 23.1 Å². The van der Waals surface area contributed by atoms with E-state index in [1.165, 1.54) is 12.1 Å². The molecule has 0 fully saturated rings. The fourth-order valence-electron chi connectivity index (χ4n) is 4.99. The number of aryl methyl sites for hydroxylation is 1. The summed E-state index contributed by atoms with van der Waals surface area (Å²) >= 11 is 0. The molecule has 2 heterocycles. The van der Waals surface area contributed by atoms with Crippen molar-refractivity contribution in [1.29, 1.82) is 5.26 Å². The SMILES string of the molecule is Cc1ccc2c(c1)C1(C(=O)N2)C(C#N)=C(N)N(c2ccc(F)cc2)C2=C1C(=O)CCC2. The zero-order valence-corrected chi connectivity index (χ0v) is 16.8. The van der Waals surface area contributed by atoms with E-state index in [1.807, 2.05) is 19.1 Å². The Labute approximate surface area is 178 Å². The second kappa shape index (κ2) is 6.54. The van der Waals surface area contributed by atoms with Crippen LogP contribution in [0, 0.1) is 24.1 Å². The summed E-state index contributed by atoms with van der Waals surface area (Å²) in [6.45, 7) is 1.89. The molecule has 6 nitrogen and oxygen atoms in total. The Morgan fingerprint density at radius 2 is 1.90 bits per heavy atom. The van der Waals surface area contributed by atoms with Gasteiger partial charge < -0.3 is 11.1 Å². The Hall–Kier alpha value is -3.92. The Morgan fingerprint density at radius 3 is 2.61 bits per heavy atom. The van der Waals surface area contributed by atoms with Gasteiger partial charge in [0.25, 0.3) is 0 Å². The van der Waals surface area contributed by atoms with Crippen LogP contribution in [0.1, 0.15) is 30.4 Å². The van der Waals surface area contributed by atoms with Gasteiger partial charge in [0.1, 0.15) is 23.1 Å². The predicted molar refractivity (Wildman–Crippen MR) is 113 cm³/mol. The van der Waals surface area contributed by atoms with Crippen molar-refractivity contribution in [2.24, 2.45) is 5.73 Å². The monoisotopic (exact) mass is 414 g/mol. The molecule has 3 N–H and O–H groups in total. The summed E-state index contributed by atoms with van der Waals surface area (Å²) in [5.41, 5.74) is 8.40. The summed E-state index contributed by atoms with van der Waals surface area (Å²) in [6.07, 6.45) is 1.39. The van der Waals surface area contributed by atoms with Crippen LogP contribution in [0.2, 0.25) is 0 Å². The molecular weight excluding hydrogens is 395 g/mol. The number of allylic oxidation sites excluding steroid dienone is 1. The van der Waals surface area contributed by atoms with Crippen molar-refractivity contribution < 1.29 is 14.0 Å². The molecule has 1 spiro atoms. The lowest BCUT2D eigenvalue weighted by molar-refractivity contribution is -0.122. The minimum absolute atomic E-state index is 0.00711. The van der Waals surface area contributed by atoms with Crippen LogP contribution in [0.25, 0.3) is 0 Å². The number of hydrogen-bond donors (Lipinski definition) is 2. The minimum atomic E-state index is -1.58. The highest BCUT2D eigenvalue weighted by Gasteiger charge is 2.60. The molecule has 154 valence electrons. The molecular formula is C24H19FN4O2. The molecule has 0 bridgehead atoms. The smallest absolute Gasteiger partial charge is 0.245 e. The van der Waals surface area contributed by atoms with Gasteiger partial charge in [-0.2, -0.15) is 5.26 Å². The normalized spacial score (nSPS) is 22.4. The summed E-state index contributed by atoms with van der Waals surface area (Å²) in [6, 6.07) is 13.3. The van der Waals surface area contributed by atoms with E-state index in [-0.39, 0.29) is 29.2 Å². The maximum Gasteiger partial charge on any atom is 0.245 e. The first-order chi connectivity index (χ1) is 14.9. The summed E-state index contributed by atoms with van der Waals surface area (Å²) < 4.78 is 13.6. The number of rotatable bonds is 1. The van der Waals surface area contributed by atoms with Gasteiger partial charge in [-0.15, -0.1) is 0 Å². The van der Waals surface area contributed by atoms with Crippen molar-refractivity contribution in [1.82, 2.24) is 0 Å². The van der Waals surface area contributed by atoms with Gasteiger partial charge in [-0.05, 0) is 50.1 Å². The highest BCUT2D eigenvalue weighted by Crippen LogP contribution is 2.55. The Morgan fingerprint density at radius 1 is 1.16 bits per heavy atom. The molecule has 2 aromatic carbocycles. The van der Waals surface area contributed by atoms with Crippen LogP contribution in [-0.4, -0.2) is 11.7 Å². The van der Waals surface area contributed by atoms with E-state index in [0.717, 1.165) is 5.56 Å². The third-order valence-electron chi connectivity index (χ3n) is 6.27. The summed E-state index contributed by atoms with van der Waals surface area (Å²) in [5, 5.41) is 13.0. The van der Waals surface area contributed by atoms with E-state index < -0.39 is 17.1 Å². The number of fused-ring (bicyclic) bond motifs is 3. The topological polar surface area (TPSA) is 99.2 Å². The Balaban J connectivity index is 1.88. The molecule has 1 atom stereocenters. The van der Waals surface area contributed by atoms with Crippen molar-refractivity contribution in [3.05, 3.63) is 82.1 Å². The maximum atomic E-state index is 13.6. The van der Waals surface area contributed by atoms with Crippen LogP contribution in [0.4, 0.5) is 15.8 Å². The van der Waals surface area contributed by atoms with Crippen LogP contribution in [0.3, 0.4) is 0 Å². The Kier molecular flexibility index (Phi) is 4.02. The molecule has 31 heavy (non-hydrogen) atoms. The van der Waals surface area contributed by atoms with Crippen molar-refractivity contribution in [3.63, 3.8) is 0 Å². The van der Waals surface area contributed by atoms with Crippen LogP contribution in [-0.2, 0) is 15.0 Å². The van der Waals surface area contributed by atoms with Crippen molar-refractivity contribution in [2.45, 2.75) is 31.6 Å². The fourth-order valence-corrected chi connectivity index (χ4v) is 4.99. The maximum absolute atomic E-state index is 13.6. The van der Waals surface area contributed by atoms with Crippen LogP contribution < -0.4 is 16.0 Å². The number of nitrogens with zero attached hydrogens (tertiary/aromatic N) is 2. The number of nitriles is 1. The first-order valence-corrected chi connectivity index (χ1v) is 10.0. The van der Waals surface area contributed by atoms with Gasteiger partial charge in [-0.3, -0.25) is 14.5 Å². The average Bonchev–Trinajstić information content (AvgIpc) is 3.02. The van der Waals surface area contributed by atoms with Crippen LogP contribution in [0.5, 0.6) is 0 Å². The molecule has 0 saturated heterocycles.